The van der Waals surface area contributed by atoms with E-state index in [2.05, 4.69) is 17.4 Å². The summed E-state index contributed by atoms with van der Waals surface area (Å²) < 4.78 is 1.84. The number of hydrogen-bond donors (Lipinski definition) is 1. The molecule has 2 N–H and O–H groups in total. The molecule has 1 heterocycles. The third-order valence-electron chi connectivity index (χ3n) is 3.35. The summed E-state index contributed by atoms with van der Waals surface area (Å²) in [7, 11) is 1.94. The fourth-order valence-electron chi connectivity index (χ4n) is 2.27. The molecule has 0 aliphatic heterocycles. The van der Waals surface area contributed by atoms with Crippen molar-refractivity contribution in [2.75, 3.05) is 6.54 Å². The highest BCUT2D eigenvalue weighted by molar-refractivity contribution is 6.30. The number of hydrogen-bond acceptors (Lipinski definition) is 2. The molecule has 0 aliphatic carbocycles. The van der Waals surface area contributed by atoms with Crippen LogP contribution in [0.5, 0.6) is 0 Å². The average molecular weight is 278 g/mol. The van der Waals surface area contributed by atoms with Gasteiger partial charge in [0.2, 0.25) is 0 Å². The van der Waals surface area contributed by atoms with Crippen LogP contribution in [0.3, 0.4) is 0 Å². The van der Waals surface area contributed by atoms with Crippen LogP contribution in [0.25, 0.3) is 0 Å². The Hall–Kier alpha value is -1.32. The van der Waals surface area contributed by atoms with Crippen molar-refractivity contribution in [3.63, 3.8) is 0 Å². The number of nitrogens with zero attached hydrogens (tertiary/aromatic N) is 2. The molecule has 1 unspecified atom stereocenters. The lowest BCUT2D eigenvalue weighted by Crippen LogP contribution is -2.17. The fourth-order valence-corrected chi connectivity index (χ4v) is 2.49. The van der Waals surface area contributed by atoms with Crippen LogP contribution in [0.15, 0.2) is 36.7 Å². The van der Waals surface area contributed by atoms with Gasteiger partial charge in [0.05, 0.1) is 6.20 Å². The Labute approximate surface area is 119 Å². The van der Waals surface area contributed by atoms with Crippen LogP contribution < -0.4 is 5.73 Å². The number of halogens is 1. The highest BCUT2D eigenvalue weighted by Crippen LogP contribution is 2.17. The summed E-state index contributed by atoms with van der Waals surface area (Å²) in [6.07, 6.45) is 7.07. The van der Waals surface area contributed by atoms with E-state index in [4.69, 9.17) is 17.3 Å². The molecule has 0 saturated heterocycles. The first kappa shape index (κ1) is 14.1. The molecule has 2 aromatic rings. The molecule has 3 nitrogen and oxygen atoms in total. The van der Waals surface area contributed by atoms with Crippen molar-refractivity contribution in [1.82, 2.24) is 9.78 Å². The maximum absolute atomic E-state index is 6.00. The summed E-state index contributed by atoms with van der Waals surface area (Å²) >= 11 is 6.00. The Bertz CT molecular complexity index is 522. The van der Waals surface area contributed by atoms with E-state index in [0.717, 1.165) is 24.3 Å². The summed E-state index contributed by atoms with van der Waals surface area (Å²) in [4.78, 5) is 0. The van der Waals surface area contributed by atoms with Crippen molar-refractivity contribution in [1.29, 1.82) is 0 Å². The highest BCUT2D eigenvalue weighted by Gasteiger charge is 2.09. The Balaban J connectivity index is 1.89. The SMILES string of the molecule is Cn1cc(CCC(CN)Cc2cccc(Cl)c2)cn1. The molecule has 1 aromatic carbocycles. The van der Waals surface area contributed by atoms with E-state index in [1.165, 1.54) is 11.1 Å². The van der Waals surface area contributed by atoms with Crippen molar-refractivity contribution < 1.29 is 0 Å². The van der Waals surface area contributed by atoms with E-state index in [-0.39, 0.29) is 0 Å². The van der Waals surface area contributed by atoms with Crippen LogP contribution in [-0.2, 0) is 19.9 Å². The van der Waals surface area contributed by atoms with Gasteiger partial charge in [0.25, 0.3) is 0 Å². The Morgan fingerprint density at radius 1 is 1.37 bits per heavy atom. The predicted molar refractivity (Wildman–Crippen MR) is 79.2 cm³/mol. The van der Waals surface area contributed by atoms with Crippen LogP contribution >= 0.6 is 11.6 Å². The van der Waals surface area contributed by atoms with Crippen LogP contribution in [0.1, 0.15) is 17.5 Å². The van der Waals surface area contributed by atoms with E-state index in [1.54, 1.807) is 0 Å². The zero-order valence-corrected chi connectivity index (χ0v) is 12.0. The van der Waals surface area contributed by atoms with Gasteiger partial charge in [-0.25, -0.2) is 0 Å². The second kappa shape index (κ2) is 6.73. The molecular formula is C15H20ClN3. The predicted octanol–water partition coefficient (Wildman–Crippen LogP) is 2.82. The quantitative estimate of drug-likeness (QED) is 0.882. The van der Waals surface area contributed by atoms with Crippen molar-refractivity contribution in [3.8, 4) is 0 Å². The van der Waals surface area contributed by atoms with Crippen LogP contribution in [0.2, 0.25) is 5.02 Å². The largest absolute Gasteiger partial charge is 0.330 e. The van der Waals surface area contributed by atoms with Crippen LogP contribution in [0, 0.1) is 5.92 Å². The summed E-state index contributed by atoms with van der Waals surface area (Å²) in [5.74, 6) is 0.485. The van der Waals surface area contributed by atoms with Crippen molar-refractivity contribution >= 4 is 11.6 Å². The molecular weight excluding hydrogens is 258 g/mol. The van der Waals surface area contributed by atoms with Crippen LogP contribution in [0.4, 0.5) is 0 Å². The summed E-state index contributed by atoms with van der Waals surface area (Å²) in [6, 6.07) is 8.03. The first-order valence-corrected chi connectivity index (χ1v) is 6.97. The normalized spacial score (nSPS) is 12.6. The Morgan fingerprint density at radius 3 is 2.84 bits per heavy atom. The molecule has 1 atom stereocenters. The summed E-state index contributed by atoms with van der Waals surface area (Å²) in [5.41, 5.74) is 8.40. The molecule has 19 heavy (non-hydrogen) atoms. The molecule has 2 rings (SSSR count). The lowest BCUT2D eigenvalue weighted by atomic mass is 9.94. The Kier molecular flexibility index (Phi) is 5.00. The highest BCUT2D eigenvalue weighted by atomic mass is 35.5. The molecule has 0 amide bonds. The van der Waals surface area contributed by atoms with Crippen molar-refractivity contribution in [2.24, 2.45) is 18.7 Å². The topological polar surface area (TPSA) is 43.8 Å². The summed E-state index contributed by atoms with van der Waals surface area (Å²) in [5, 5.41) is 4.98. The third-order valence-corrected chi connectivity index (χ3v) is 3.58. The Morgan fingerprint density at radius 2 is 2.21 bits per heavy atom. The van der Waals surface area contributed by atoms with Gasteiger partial charge in [-0.05, 0) is 55.0 Å². The van der Waals surface area contributed by atoms with E-state index in [0.29, 0.717) is 12.5 Å². The van der Waals surface area contributed by atoms with Gasteiger partial charge in [-0.3, -0.25) is 4.68 Å². The zero-order chi connectivity index (χ0) is 13.7. The third kappa shape index (κ3) is 4.37. The van der Waals surface area contributed by atoms with Gasteiger partial charge < -0.3 is 5.73 Å². The number of aromatic nitrogens is 2. The van der Waals surface area contributed by atoms with Gasteiger partial charge in [-0.1, -0.05) is 23.7 Å². The minimum atomic E-state index is 0.485. The molecule has 1 aromatic heterocycles. The minimum absolute atomic E-state index is 0.485. The maximum Gasteiger partial charge on any atom is 0.0521 e. The first-order chi connectivity index (χ1) is 9.17. The molecule has 0 fully saturated rings. The molecule has 0 spiro atoms. The van der Waals surface area contributed by atoms with Gasteiger partial charge in [-0.15, -0.1) is 0 Å². The fraction of sp³-hybridized carbons (Fsp3) is 0.400. The standard InChI is InChI=1S/C15H20ClN3/c1-19-11-14(10-18-19)6-5-13(9-17)7-12-3-2-4-15(16)8-12/h2-4,8,10-11,13H,5-7,9,17H2,1H3. The molecule has 4 heteroatoms. The van der Waals surface area contributed by atoms with E-state index >= 15 is 0 Å². The molecule has 102 valence electrons. The molecule has 0 bridgehead atoms. The molecule has 0 aliphatic rings. The smallest absolute Gasteiger partial charge is 0.0521 e. The van der Waals surface area contributed by atoms with Gasteiger partial charge >= 0.3 is 0 Å². The molecule has 0 radical (unpaired) electrons. The summed E-state index contributed by atoms with van der Waals surface area (Å²) in [6.45, 7) is 0.701. The van der Waals surface area contributed by atoms with E-state index in [9.17, 15) is 0 Å². The van der Waals surface area contributed by atoms with E-state index in [1.807, 2.05) is 36.1 Å². The first-order valence-electron chi connectivity index (χ1n) is 6.59. The average Bonchev–Trinajstić information content (AvgIpc) is 2.80. The van der Waals surface area contributed by atoms with Crippen molar-refractivity contribution in [3.05, 3.63) is 52.8 Å². The van der Waals surface area contributed by atoms with Gasteiger partial charge in [-0.2, -0.15) is 5.10 Å². The van der Waals surface area contributed by atoms with Crippen molar-refractivity contribution in [2.45, 2.75) is 19.3 Å². The number of nitrogens with two attached hydrogens (primary N) is 1. The van der Waals surface area contributed by atoms with Gasteiger partial charge in [0, 0.05) is 18.3 Å². The zero-order valence-electron chi connectivity index (χ0n) is 11.2. The number of benzene rings is 1. The number of aryl methyl sites for hydroxylation is 2. The second-order valence-electron chi connectivity index (χ2n) is 5.00. The van der Waals surface area contributed by atoms with Gasteiger partial charge in [0.15, 0.2) is 0 Å². The monoisotopic (exact) mass is 277 g/mol. The number of rotatable bonds is 6. The second-order valence-corrected chi connectivity index (χ2v) is 5.43. The van der Waals surface area contributed by atoms with Crippen LogP contribution in [-0.4, -0.2) is 16.3 Å². The molecule has 0 saturated carbocycles. The van der Waals surface area contributed by atoms with Gasteiger partial charge in [0.1, 0.15) is 0 Å². The lowest BCUT2D eigenvalue weighted by molar-refractivity contribution is 0.494. The lowest BCUT2D eigenvalue weighted by Gasteiger charge is -2.14. The minimum Gasteiger partial charge on any atom is -0.330 e. The van der Waals surface area contributed by atoms with E-state index < -0.39 is 0 Å². The maximum atomic E-state index is 6.00.